The molecule has 0 spiro atoms. The normalized spacial score (nSPS) is 10.9. The third-order valence-corrected chi connectivity index (χ3v) is 5.80. The fourth-order valence-electron chi connectivity index (χ4n) is 2.66. The maximum Gasteiger partial charge on any atom is 0.267 e. The minimum atomic E-state index is -0.356. The van der Waals surface area contributed by atoms with Crippen molar-refractivity contribution in [1.82, 2.24) is 4.98 Å². The lowest BCUT2D eigenvalue weighted by molar-refractivity contribution is 0.103. The Morgan fingerprint density at radius 2 is 1.85 bits per heavy atom. The summed E-state index contributed by atoms with van der Waals surface area (Å²) in [5.74, 6) is -0.629. The van der Waals surface area contributed by atoms with Gasteiger partial charge in [0, 0.05) is 22.9 Å². The van der Waals surface area contributed by atoms with Gasteiger partial charge in [-0.1, -0.05) is 41.7 Å². The average molecular weight is 396 g/mol. The number of benzene rings is 2. The number of amides is 1. The predicted molar refractivity (Wildman–Crippen MR) is 107 cm³/mol. The molecule has 0 unspecified atom stereocenters. The molecule has 27 heavy (non-hydrogen) atoms. The first-order chi connectivity index (χ1) is 13.1. The number of hydrogen-bond acceptors (Lipinski definition) is 5. The number of thiazole rings is 1. The zero-order valence-electron chi connectivity index (χ0n) is 13.9. The molecule has 0 aliphatic rings. The van der Waals surface area contributed by atoms with E-state index in [9.17, 15) is 14.0 Å². The van der Waals surface area contributed by atoms with Gasteiger partial charge in [-0.2, -0.15) is 0 Å². The fourth-order valence-corrected chi connectivity index (χ4v) is 4.32. The summed E-state index contributed by atoms with van der Waals surface area (Å²) in [6, 6.07) is 15.2. The largest absolute Gasteiger partial charge is 0.297 e. The van der Waals surface area contributed by atoms with Gasteiger partial charge in [0.15, 0.2) is 5.13 Å². The first-order valence-electron chi connectivity index (χ1n) is 8.12. The second kappa shape index (κ2) is 7.38. The summed E-state index contributed by atoms with van der Waals surface area (Å²) in [5, 5.41) is 4.55. The van der Waals surface area contributed by atoms with Crippen molar-refractivity contribution < 1.29 is 9.18 Å². The molecule has 0 aliphatic heterocycles. The van der Waals surface area contributed by atoms with Crippen molar-refractivity contribution in [2.45, 2.75) is 6.42 Å². The van der Waals surface area contributed by atoms with E-state index in [4.69, 9.17) is 0 Å². The Hall–Kier alpha value is -2.90. The topological polar surface area (TPSA) is 59.1 Å². The Kier molecular flexibility index (Phi) is 4.79. The number of nitrogens with one attached hydrogen (secondary N) is 1. The zero-order valence-corrected chi connectivity index (χ0v) is 15.6. The molecule has 4 rings (SSSR count). The number of anilines is 1. The Morgan fingerprint density at radius 3 is 2.67 bits per heavy atom. The van der Waals surface area contributed by atoms with Crippen molar-refractivity contribution >= 4 is 44.5 Å². The maximum atomic E-state index is 13.0. The average Bonchev–Trinajstić information content (AvgIpc) is 3.10. The summed E-state index contributed by atoms with van der Waals surface area (Å²) in [4.78, 5) is 30.2. The quantitative estimate of drug-likeness (QED) is 0.544. The Labute approximate surface area is 162 Å². The minimum Gasteiger partial charge on any atom is -0.297 e. The molecule has 0 atom stereocenters. The van der Waals surface area contributed by atoms with Crippen molar-refractivity contribution in [2.75, 3.05) is 5.32 Å². The summed E-state index contributed by atoms with van der Waals surface area (Å²) < 4.78 is 12.8. The molecule has 134 valence electrons. The molecule has 2 heterocycles. The van der Waals surface area contributed by atoms with Crippen molar-refractivity contribution in [3.05, 3.63) is 91.5 Å². The molecule has 2 aromatic heterocycles. The molecule has 0 radical (unpaired) electrons. The van der Waals surface area contributed by atoms with E-state index in [0.717, 1.165) is 27.2 Å². The van der Waals surface area contributed by atoms with Crippen LogP contribution < -0.4 is 10.1 Å². The molecule has 0 fully saturated rings. The highest BCUT2D eigenvalue weighted by molar-refractivity contribution is 7.16. The second-order valence-electron chi connectivity index (χ2n) is 5.87. The highest BCUT2D eigenvalue weighted by Gasteiger charge is 2.13. The van der Waals surface area contributed by atoms with E-state index in [2.05, 4.69) is 10.3 Å². The van der Waals surface area contributed by atoms with Gasteiger partial charge in [-0.05, 0) is 35.2 Å². The Morgan fingerprint density at radius 1 is 1.07 bits per heavy atom. The summed E-state index contributed by atoms with van der Waals surface area (Å²) in [5.41, 5.74) is 0.964. The fraction of sp³-hybridized carbons (Fsp3) is 0.0500. The number of carbonyl (C=O) groups is 1. The Balaban J connectivity index is 1.51. The maximum absolute atomic E-state index is 13.0. The first kappa shape index (κ1) is 17.5. The minimum absolute atomic E-state index is 0.144. The standard InChI is InChI=1S/C20H13FN2O2S2/c21-14-7-5-12(6-8-14)9-15-11-22-20(26-15)23-18(24)17-10-13-3-1-2-4-16(13)19(25)27-17/h1-8,10-11H,9H2,(H,22,23,24). The van der Waals surface area contributed by atoms with Crippen LogP contribution in [0.1, 0.15) is 20.1 Å². The highest BCUT2D eigenvalue weighted by Crippen LogP contribution is 2.23. The molecule has 7 heteroatoms. The van der Waals surface area contributed by atoms with Gasteiger partial charge in [0.1, 0.15) is 5.82 Å². The number of rotatable bonds is 4. The summed E-state index contributed by atoms with van der Waals surface area (Å²) in [6.07, 6.45) is 2.30. The molecule has 2 aromatic carbocycles. The van der Waals surface area contributed by atoms with Crippen LogP contribution in [-0.4, -0.2) is 10.9 Å². The van der Waals surface area contributed by atoms with Gasteiger partial charge in [-0.15, -0.1) is 11.3 Å². The molecule has 0 saturated carbocycles. The van der Waals surface area contributed by atoms with Crippen LogP contribution in [0.25, 0.3) is 10.8 Å². The van der Waals surface area contributed by atoms with E-state index < -0.39 is 0 Å². The van der Waals surface area contributed by atoms with E-state index in [1.807, 2.05) is 12.1 Å². The third kappa shape index (κ3) is 3.94. The molecule has 4 nitrogen and oxygen atoms in total. The van der Waals surface area contributed by atoms with Crippen LogP contribution in [-0.2, 0) is 6.42 Å². The lowest BCUT2D eigenvalue weighted by Crippen LogP contribution is -2.12. The lowest BCUT2D eigenvalue weighted by atomic mass is 10.1. The number of halogens is 1. The van der Waals surface area contributed by atoms with E-state index in [1.54, 1.807) is 36.5 Å². The number of carbonyl (C=O) groups excluding carboxylic acids is 1. The number of fused-ring (bicyclic) bond motifs is 1. The SMILES string of the molecule is O=C(Nc1ncc(Cc2ccc(F)cc2)s1)c1cc2ccccc2c(=O)s1. The van der Waals surface area contributed by atoms with Crippen LogP contribution in [0, 0.1) is 5.82 Å². The van der Waals surface area contributed by atoms with Crippen LogP contribution in [0.4, 0.5) is 9.52 Å². The third-order valence-electron chi connectivity index (χ3n) is 3.96. The van der Waals surface area contributed by atoms with E-state index in [0.29, 0.717) is 21.8 Å². The van der Waals surface area contributed by atoms with Crippen LogP contribution in [0.2, 0.25) is 0 Å². The monoisotopic (exact) mass is 396 g/mol. The number of aromatic nitrogens is 1. The van der Waals surface area contributed by atoms with E-state index >= 15 is 0 Å². The van der Waals surface area contributed by atoms with Gasteiger partial charge in [0.25, 0.3) is 5.91 Å². The van der Waals surface area contributed by atoms with Crippen LogP contribution in [0.15, 0.2) is 65.6 Å². The van der Waals surface area contributed by atoms with E-state index in [1.165, 1.54) is 23.5 Å². The van der Waals surface area contributed by atoms with Crippen LogP contribution in [0.3, 0.4) is 0 Å². The van der Waals surface area contributed by atoms with Crippen LogP contribution >= 0.6 is 22.7 Å². The molecule has 4 aromatic rings. The predicted octanol–water partition coefficient (Wildman–Crippen LogP) is 4.70. The molecular formula is C20H13FN2O2S2. The highest BCUT2D eigenvalue weighted by atomic mass is 32.1. The molecule has 0 aliphatic carbocycles. The summed E-state index contributed by atoms with van der Waals surface area (Å²) in [7, 11) is 0. The van der Waals surface area contributed by atoms with Gasteiger partial charge in [-0.3, -0.25) is 14.9 Å². The first-order valence-corrected chi connectivity index (χ1v) is 9.75. The lowest BCUT2D eigenvalue weighted by Gasteiger charge is -2.02. The zero-order chi connectivity index (χ0) is 18.8. The van der Waals surface area contributed by atoms with Gasteiger partial charge in [-0.25, -0.2) is 9.37 Å². The van der Waals surface area contributed by atoms with Crippen molar-refractivity contribution in [2.24, 2.45) is 0 Å². The Bertz CT molecular complexity index is 1180. The molecule has 1 N–H and O–H groups in total. The molecule has 0 saturated heterocycles. The van der Waals surface area contributed by atoms with Gasteiger partial charge < -0.3 is 0 Å². The van der Waals surface area contributed by atoms with Crippen LogP contribution in [0.5, 0.6) is 0 Å². The smallest absolute Gasteiger partial charge is 0.267 e. The van der Waals surface area contributed by atoms with Crippen molar-refractivity contribution in [3.63, 3.8) is 0 Å². The van der Waals surface area contributed by atoms with Gasteiger partial charge in [0.05, 0.1) is 4.88 Å². The van der Waals surface area contributed by atoms with Gasteiger partial charge >= 0.3 is 0 Å². The van der Waals surface area contributed by atoms with Crippen molar-refractivity contribution in [3.8, 4) is 0 Å². The molecular weight excluding hydrogens is 383 g/mol. The second-order valence-corrected chi connectivity index (χ2v) is 8.00. The van der Waals surface area contributed by atoms with Crippen molar-refractivity contribution in [1.29, 1.82) is 0 Å². The number of hydrogen-bond donors (Lipinski definition) is 1. The van der Waals surface area contributed by atoms with E-state index in [-0.39, 0.29) is 16.5 Å². The summed E-state index contributed by atoms with van der Waals surface area (Å²) >= 11 is 2.27. The molecule has 1 amide bonds. The number of nitrogens with zero attached hydrogens (tertiary/aromatic N) is 1. The van der Waals surface area contributed by atoms with Gasteiger partial charge in [0.2, 0.25) is 4.74 Å². The summed E-state index contributed by atoms with van der Waals surface area (Å²) in [6.45, 7) is 0. The molecule has 0 bridgehead atoms.